The average Bonchev–Trinajstić information content (AvgIpc) is 2.69. The molecular formula is C21H34N2O4. The number of amides is 1. The Morgan fingerprint density at radius 1 is 1.22 bits per heavy atom. The molecule has 1 aliphatic rings. The third-order valence-electron chi connectivity index (χ3n) is 4.84. The van der Waals surface area contributed by atoms with Crippen molar-refractivity contribution in [3.05, 3.63) is 24.3 Å². The molecule has 6 heteroatoms. The normalized spacial score (nSPS) is 17.3. The van der Waals surface area contributed by atoms with Crippen LogP contribution in [0.5, 0.6) is 5.75 Å². The minimum Gasteiger partial charge on any atom is -0.492 e. The molecule has 6 nitrogen and oxygen atoms in total. The first-order chi connectivity index (χ1) is 13.1. The Kier molecular flexibility index (Phi) is 9.04. The van der Waals surface area contributed by atoms with Gasteiger partial charge in [0, 0.05) is 31.9 Å². The van der Waals surface area contributed by atoms with Crippen molar-refractivity contribution in [3.8, 4) is 5.75 Å². The maximum Gasteiger partial charge on any atom is 0.256 e. The minimum absolute atomic E-state index is 0.0983. The molecule has 1 fully saturated rings. The van der Waals surface area contributed by atoms with Crippen LogP contribution in [0.4, 0.5) is 5.69 Å². The molecule has 152 valence electrons. The molecule has 27 heavy (non-hydrogen) atoms. The summed E-state index contributed by atoms with van der Waals surface area (Å²) >= 11 is 0. The average molecular weight is 379 g/mol. The first-order valence-electron chi connectivity index (χ1n) is 10.1. The lowest BCUT2D eigenvalue weighted by molar-refractivity contribution is -0.139. The first kappa shape index (κ1) is 21.7. The second-order valence-electron chi connectivity index (χ2n) is 7.05. The number of hydrogen-bond acceptors (Lipinski definition) is 5. The Labute approximate surface area is 163 Å². The van der Waals surface area contributed by atoms with E-state index in [0.29, 0.717) is 19.6 Å². The zero-order chi connectivity index (χ0) is 19.5. The molecule has 1 aromatic carbocycles. The molecule has 0 radical (unpaired) electrons. The molecule has 0 aromatic heterocycles. The fourth-order valence-corrected chi connectivity index (χ4v) is 3.10. The number of unbranched alkanes of at least 4 members (excludes halogenated alkanes) is 1. The summed E-state index contributed by atoms with van der Waals surface area (Å²) in [6, 6.07) is 7.51. The van der Waals surface area contributed by atoms with Gasteiger partial charge in [-0.25, -0.2) is 0 Å². The molecule has 0 aliphatic carbocycles. The number of carbonyl (C=O) groups excluding carboxylic acids is 1. The van der Waals surface area contributed by atoms with Crippen molar-refractivity contribution in [3.63, 3.8) is 0 Å². The number of hydrogen-bond donors (Lipinski definition) is 1. The molecule has 0 bridgehead atoms. The molecule has 1 heterocycles. The van der Waals surface area contributed by atoms with Crippen molar-refractivity contribution in [2.75, 3.05) is 51.4 Å². The van der Waals surface area contributed by atoms with Gasteiger partial charge in [0.25, 0.3) is 5.91 Å². The van der Waals surface area contributed by atoms with Crippen LogP contribution in [-0.4, -0.2) is 62.5 Å². The molecule has 1 aliphatic heterocycles. The van der Waals surface area contributed by atoms with Crippen molar-refractivity contribution in [1.82, 2.24) is 4.90 Å². The van der Waals surface area contributed by atoms with E-state index in [0.717, 1.165) is 57.1 Å². The van der Waals surface area contributed by atoms with Crippen LogP contribution in [0, 0.1) is 0 Å². The zero-order valence-corrected chi connectivity index (χ0v) is 17.0. The number of carbonyl (C=O) groups is 1. The topological polar surface area (TPSA) is 60.0 Å². The van der Waals surface area contributed by atoms with E-state index in [1.165, 1.54) is 0 Å². The molecule has 0 saturated carbocycles. The summed E-state index contributed by atoms with van der Waals surface area (Å²) in [6.45, 7) is 11.5. The van der Waals surface area contributed by atoms with Crippen LogP contribution in [0.15, 0.2) is 24.3 Å². The molecule has 2 rings (SSSR count). The number of morpholine rings is 1. The molecule has 1 aromatic rings. The van der Waals surface area contributed by atoms with E-state index in [1.807, 2.05) is 38.1 Å². The number of nitrogens with one attached hydrogen (secondary N) is 1. The maximum absolute atomic E-state index is 12.7. The molecule has 1 amide bonds. The Bertz CT molecular complexity index is 558. The fraction of sp³-hybridized carbons (Fsp3) is 0.667. The van der Waals surface area contributed by atoms with Crippen LogP contribution >= 0.6 is 0 Å². The van der Waals surface area contributed by atoms with Gasteiger partial charge < -0.3 is 19.5 Å². The number of anilines is 1. The zero-order valence-electron chi connectivity index (χ0n) is 17.0. The predicted molar refractivity (Wildman–Crippen MR) is 107 cm³/mol. The highest BCUT2D eigenvalue weighted by atomic mass is 16.5. The van der Waals surface area contributed by atoms with Gasteiger partial charge in [-0.3, -0.25) is 9.69 Å². The van der Waals surface area contributed by atoms with E-state index in [9.17, 15) is 4.79 Å². The molecule has 1 saturated heterocycles. The summed E-state index contributed by atoms with van der Waals surface area (Å²) in [5.74, 6) is 0.707. The predicted octanol–water partition coefficient (Wildman–Crippen LogP) is 3.32. The van der Waals surface area contributed by atoms with Gasteiger partial charge in [0.2, 0.25) is 0 Å². The van der Waals surface area contributed by atoms with Gasteiger partial charge in [-0.15, -0.1) is 0 Å². The van der Waals surface area contributed by atoms with E-state index in [-0.39, 0.29) is 5.91 Å². The van der Waals surface area contributed by atoms with Crippen LogP contribution < -0.4 is 10.1 Å². The number of ether oxygens (including phenoxy) is 3. The van der Waals surface area contributed by atoms with E-state index in [1.54, 1.807) is 0 Å². The molecule has 0 unspecified atom stereocenters. The van der Waals surface area contributed by atoms with Gasteiger partial charge >= 0.3 is 0 Å². The highest BCUT2D eigenvalue weighted by Crippen LogP contribution is 2.23. The lowest BCUT2D eigenvalue weighted by atomic mass is 9.97. The van der Waals surface area contributed by atoms with Crippen LogP contribution in [0.1, 0.15) is 40.0 Å². The number of benzene rings is 1. The molecule has 1 N–H and O–H groups in total. The monoisotopic (exact) mass is 378 g/mol. The summed E-state index contributed by atoms with van der Waals surface area (Å²) in [7, 11) is 0. The number of rotatable bonds is 11. The van der Waals surface area contributed by atoms with Crippen LogP contribution in [-0.2, 0) is 14.3 Å². The quantitative estimate of drug-likeness (QED) is 0.640. The molecule has 1 atom stereocenters. The summed E-state index contributed by atoms with van der Waals surface area (Å²) in [6.07, 6.45) is 2.71. The summed E-state index contributed by atoms with van der Waals surface area (Å²) < 4.78 is 16.9. The lowest BCUT2D eigenvalue weighted by Gasteiger charge is -2.28. The highest BCUT2D eigenvalue weighted by molar-refractivity contribution is 5.97. The highest BCUT2D eigenvalue weighted by Gasteiger charge is 2.33. The van der Waals surface area contributed by atoms with E-state index < -0.39 is 5.60 Å². The third kappa shape index (κ3) is 7.13. The fourth-order valence-electron chi connectivity index (χ4n) is 3.10. The van der Waals surface area contributed by atoms with E-state index in [2.05, 4.69) is 17.1 Å². The van der Waals surface area contributed by atoms with Gasteiger partial charge in [-0.1, -0.05) is 19.8 Å². The van der Waals surface area contributed by atoms with Crippen molar-refractivity contribution in [2.24, 2.45) is 0 Å². The number of nitrogens with zero attached hydrogens (tertiary/aromatic N) is 1. The maximum atomic E-state index is 12.7. The van der Waals surface area contributed by atoms with Crippen molar-refractivity contribution in [2.45, 2.75) is 45.6 Å². The van der Waals surface area contributed by atoms with Crippen molar-refractivity contribution < 1.29 is 19.0 Å². The van der Waals surface area contributed by atoms with Gasteiger partial charge in [0.05, 0.1) is 13.2 Å². The molecule has 0 spiro atoms. The van der Waals surface area contributed by atoms with Gasteiger partial charge in [-0.2, -0.15) is 0 Å². The summed E-state index contributed by atoms with van der Waals surface area (Å²) in [5.41, 5.74) is -0.0408. The van der Waals surface area contributed by atoms with Gasteiger partial charge in [0.15, 0.2) is 0 Å². The Balaban J connectivity index is 1.81. The second kappa shape index (κ2) is 11.3. The second-order valence-corrected chi connectivity index (χ2v) is 7.05. The van der Waals surface area contributed by atoms with Crippen LogP contribution in [0.2, 0.25) is 0 Å². The van der Waals surface area contributed by atoms with Crippen molar-refractivity contribution in [1.29, 1.82) is 0 Å². The summed E-state index contributed by atoms with van der Waals surface area (Å²) in [4.78, 5) is 15.0. The first-order valence-corrected chi connectivity index (χ1v) is 10.1. The standard InChI is InChI=1S/C21H34N2O4/c1-4-6-11-21(3,27-5-2)20(24)22-18-7-9-19(10-8-18)26-17-14-23-12-15-25-16-13-23/h7-10H,4-6,11-17H2,1-3H3,(H,22,24)/t21-/m0/s1. The summed E-state index contributed by atoms with van der Waals surface area (Å²) in [5, 5.41) is 2.97. The van der Waals surface area contributed by atoms with Gasteiger partial charge in [-0.05, 0) is 44.5 Å². The van der Waals surface area contributed by atoms with Crippen molar-refractivity contribution >= 4 is 11.6 Å². The smallest absolute Gasteiger partial charge is 0.256 e. The third-order valence-corrected chi connectivity index (χ3v) is 4.84. The Morgan fingerprint density at radius 3 is 2.56 bits per heavy atom. The van der Waals surface area contributed by atoms with Crippen LogP contribution in [0.3, 0.4) is 0 Å². The SMILES string of the molecule is CCCC[C@](C)(OCC)C(=O)Nc1ccc(OCCN2CCOCC2)cc1. The Morgan fingerprint density at radius 2 is 1.93 bits per heavy atom. The van der Waals surface area contributed by atoms with Crippen LogP contribution in [0.25, 0.3) is 0 Å². The van der Waals surface area contributed by atoms with E-state index in [4.69, 9.17) is 14.2 Å². The Hall–Kier alpha value is -1.63. The van der Waals surface area contributed by atoms with E-state index >= 15 is 0 Å². The minimum atomic E-state index is -0.794. The largest absolute Gasteiger partial charge is 0.492 e. The van der Waals surface area contributed by atoms with Gasteiger partial charge in [0.1, 0.15) is 18.0 Å². The lowest BCUT2D eigenvalue weighted by Crippen LogP contribution is -2.42. The molecular weight excluding hydrogens is 344 g/mol.